The number of anilines is 2. The Morgan fingerprint density at radius 2 is 2.07 bits per heavy atom. The van der Waals surface area contributed by atoms with Crippen LogP contribution in [0.3, 0.4) is 0 Å². The van der Waals surface area contributed by atoms with Gasteiger partial charge in [0.15, 0.2) is 0 Å². The van der Waals surface area contributed by atoms with E-state index in [9.17, 15) is 9.18 Å². The first kappa shape index (κ1) is 18.9. The van der Waals surface area contributed by atoms with Gasteiger partial charge in [0, 0.05) is 29.4 Å². The highest BCUT2D eigenvalue weighted by Gasteiger charge is 2.30. The molecule has 2 aliphatic heterocycles. The van der Waals surface area contributed by atoms with Gasteiger partial charge >= 0.3 is 0 Å². The summed E-state index contributed by atoms with van der Waals surface area (Å²) < 4.78 is 14.1. The summed E-state index contributed by atoms with van der Waals surface area (Å²) in [7, 11) is 1.97. The number of nitrogens with one attached hydrogen (secondary N) is 4. The van der Waals surface area contributed by atoms with Crippen LogP contribution in [0.15, 0.2) is 36.4 Å². The van der Waals surface area contributed by atoms with E-state index in [1.54, 1.807) is 6.07 Å². The third kappa shape index (κ3) is 3.75. The lowest BCUT2D eigenvalue weighted by Gasteiger charge is -2.31. The largest absolute Gasteiger partial charge is 0.373 e. The second-order valence-electron chi connectivity index (χ2n) is 7.73. The van der Waals surface area contributed by atoms with E-state index in [4.69, 9.17) is 0 Å². The van der Waals surface area contributed by atoms with Gasteiger partial charge in [-0.25, -0.2) is 4.39 Å². The smallest absolute Gasteiger partial charge is 0.247 e. The van der Waals surface area contributed by atoms with Crippen molar-refractivity contribution < 1.29 is 9.18 Å². The summed E-state index contributed by atoms with van der Waals surface area (Å²) >= 11 is 0. The summed E-state index contributed by atoms with van der Waals surface area (Å²) in [6, 6.07) is 11.0. The molecule has 2 aliphatic rings. The Morgan fingerprint density at radius 1 is 1.21 bits per heavy atom. The van der Waals surface area contributed by atoms with E-state index in [0.29, 0.717) is 18.2 Å². The van der Waals surface area contributed by atoms with Crippen LogP contribution in [0.25, 0.3) is 0 Å². The molecule has 2 heterocycles. The fourth-order valence-corrected chi connectivity index (χ4v) is 4.22. The molecular formula is C22H27FN4O. The normalized spacial score (nSPS) is 23.8. The van der Waals surface area contributed by atoms with Crippen LogP contribution in [0.2, 0.25) is 0 Å². The molecule has 0 saturated carbocycles. The Kier molecular flexibility index (Phi) is 5.33. The molecule has 148 valence electrons. The SMILES string of the molecule is CNC1CCCC(c2cccc(NC(=O)C3Cc4c(F)ccc(C)c4N3)c2)N1. The summed E-state index contributed by atoms with van der Waals surface area (Å²) in [5, 5.41) is 13.1. The van der Waals surface area contributed by atoms with Crippen molar-refractivity contribution in [2.75, 3.05) is 17.7 Å². The molecule has 4 rings (SSSR count). The van der Waals surface area contributed by atoms with Gasteiger partial charge in [-0.15, -0.1) is 0 Å². The minimum atomic E-state index is -0.462. The maximum Gasteiger partial charge on any atom is 0.247 e. The minimum absolute atomic E-state index is 0.142. The first-order valence-corrected chi connectivity index (χ1v) is 9.94. The number of carbonyl (C=O) groups is 1. The summed E-state index contributed by atoms with van der Waals surface area (Å²) in [6.07, 6.45) is 4.04. The van der Waals surface area contributed by atoms with Crippen molar-refractivity contribution in [3.8, 4) is 0 Å². The lowest BCUT2D eigenvalue weighted by molar-refractivity contribution is -0.116. The van der Waals surface area contributed by atoms with Crippen LogP contribution in [0.4, 0.5) is 15.8 Å². The molecule has 3 atom stereocenters. The second-order valence-corrected chi connectivity index (χ2v) is 7.73. The third-order valence-corrected chi connectivity index (χ3v) is 5.80. The molecule has 3 unspecified atom stereocenters. The Balaban J connectivity index is 1.44. The van der Waals surface area contributed by atoms with Gasteiger partial charge in [0.25, 0.3) is 0 Å². The standard InChI is InChI=1S/C22H27FN4O/c1-13-9-10-17(23)16-12-19(27-21(13)16)22(28)25-15-6-3-5-14(11-15)18-7-4-8-20(24-2)26-18/h3,5-6,9-11,18-20,24,26-27H,4,7-8,12H2,1-2H3,(H,25,28). The Hall–Kier alpha value is -2.44. The van der Waals surface area contributed by atoms with E-state index in [1.807, 2.05) is 32.2 Å². The fourth-order valence-electron chi connectivity index (χ4n) is 4.22. The number of benzene rings is 2. The van der Waals surface area contributed by atoms with Gasteiger partial charge in [0.05, 0.1) is 6.17 Å². The first-order valence-electron chi connectivity index (χ1n) is 9.94. The number of fused-ring (bicyclic) bond motifs is 1. The van der Waals surface area contributed by atoms with Crippen LogP contribution < -0.4 is 21.3 Å². The highest BCUT2D eigenvalue weighted by atomic mass is 19.1. The van der Waals surface area contributed by atoms with Gasteiger partial charge in [-0.1, -0.05) is 18.2 Å². The Labute approximate surface area is 165 Å². The number of aryl methyl sites for hydroxylation is 1. The molecule has 2 aromatic carbocycles. The number of halogens is 1. The second kappa shape index (κ2) is 7.89. The van der Waals surface area contributed by atoms with Gasteiger partial charge in [0.1, 0.15) is 11.9 Å². The zero-order valence-corrected chi connectivity index (χ0v) is 16.3. The van der Waals surface area contributed by atoms with Crippen molar-refractivity contribution in [2.45, 2.75) is 50.9 Å². The highest BCUT2D eigenvalue weighted by Crippen LogP contribution is 2.32. The van der Waals surface area contributed by atoms with Crippen molar-refractivity contribution in [1.29, 1.82) is 0 Å². The summed E-state index contributed by atoms with van der Waals surface area (Å²) in [5.74, 6) is -0.398. The van der Waals surface area contributed by atoms with E-state index in [-0.39, 0.29) is 17.8 Å². The molecule has 0 aliphatic carbocycles. The molecule has 6 heteroatoms. The van der Waals surface area contributed by atoms with Gasteiger partial charge in [-0.05, 0) is 62.6 Å². The Morgan fingerprint density at radius 3 is 2.86 bits per heavy atom. The zero-order chi connectivity index (χ0) is 19.7. The van der Waals surface area contributed by atoms with Crippen molar-refractivity contribution in [2.24, 2.45) is 0 Å². The molecule has 28 heavy (non-hydrogen) atoms. The van der Waals surface area contributed by atoms with Crippen molar-refractivity contribution in [3.63, 3.8) is 0 Å². The van der Waals surface area contributed by atoms with E-state index < -0.39 is 6.04 Å². The highest BCUT2D eigenvalue weighted by molar-refractivity contribution is 5.98. The molecule has 0 radical (unpaired) electrons. The van der Waals surface area contributed by atoms with E-state index >= 15 is 0 Å². The van der Waals surface area contributed by atoms with Gasteiger partial charge in [-0.3, -0.25) is 10.1 Å². The van der Waals surface area contributed by atoms with Gasteiger partial charge in [-0.2, -0.15) is 0 Å². The van der Waals surface area contributed by atoms with Gasteiger partial charge in [0.2, 0.25) is 5.91 Å². The molecule has 1 amide bonds. The van der Waals surface area contributed by atoms with Gasteiger partial charge < -0.3 is 16.0 Å². The van der Waals surface area contributed by atoms with E-state index in [2.05, 4.69) is 27.3 Å². The quantitative estimate of drug-likeness (QED) is 0.654. The lowest BCUT2D eigenvalue weighted by Crippen LogP contribution is -2.45. The fraction of sp³-hybridized carbons (Fsp3) is 0.409. The number of hydrogen-bond donors (Lipinski definition) is 4. The van der Waals surface area contributed by atoms with Crippen molar-refractivity contribution in [3.05, 3.63) is 58.9 Å². The number of piperidine rings is 1. The molecule has 1 saturated heterocycles. The molecule has 1 fully saturated rings. The zero-order valence-electron chi connectivity index (χ0n) is 16.3. The van der Waals surface area contributed by atoms with Crippen LogP contribution in [0.5, 0.6) is 0 Å². The molecule has 5 nitrogen and oxygen atoms in total. The monoisotopic (exact) mass is 382 g/mol. The van der Waals surface area contributed by atoms with Crippen molar-refractivity contribution in [1.82, 2.24) is 10.6 Å². The van der Waals surface area contributed by atoms with Crippen LogP contribution >= 0.6 is 0 Å². The van der Waals surface area contributed by atoms with Crippen LogP contribution in [-0.4, -0.2) is 25.2 Å². The first-order chi connectivity index (χ1) is 13.5. The summed E-state index contributed by atoms with van der Waals surface area (Å²) in [4.78, 5) is 12.8. The Bertz CT molecular complexity index is 854. The third-order valence-electron chi connectivity index (χ3n) is 5.80. The molecular weight excluding hydrogens is 355 g/mol. The molecule has 2 aromatic rings. The van der Waals surface area contributed by atoms with Crippen LogP contribution in [0.1, 0.15) is 42.0 Å². The molecule has 0 aromatic heterocycles. The average molecular weight is 382 g/mol. The minimum Gasteiger partial charge on any atom is -0.373 e. The summed E-state index contributed by atoms with van der Waals surface area (Å²) in [5.41, 5.74) is 4.24. The maximum atomic E-state index is 14.1. The molecule has 4 N–H and O–H groups in total. The van der Waals surface area contributed by atoms with Crippen molar-refractivity contribution >= 4 is 17.3 Å². The predicted molar refractivity (Wildman–Crippen MR) is 110 cm³/mol. The van der Waals surface area contributed by atoms with E-state index in [1.165, 1.54) is 11.6 Å². The number of carbonyl (C=O) groups excluding carboxylic acids is 1. The molecule has 0 spiro atoms. The number of amides is 1. The summed E-state index contributed by atoms with van der Waals surface area (Å²) in [6.45, 7) is 1.92. The topological polar surface area (TPSA) is 65.2 Å². The molecule has 0 bridgehead atoms. The van der Waals surface area contributed by atoms with E-state index in [0.717, 1.165) is 36.2 Å². The van der Waals surface area contributed by atoms with Crippen LogP contribution in [-0.2, 0) is 11.2 Å². The number of rotatable bonds is 4. The number of hydrogen-bond acceptors (Lipinski definition) is 4. The maximum absolute atomic E-state index is 14.1. The average Bonchev–Trinajstić information content (AvgIpc) is 3.18. The predicted octanol–water partition coefficient (Wildman–Crippen LogP) is 3.47. The van der Waals surface area contributed by atoms with Crippen LogP contribution in [0, 0.1) is 12.7 Å². The lowest BCUT2D eigenvalue weighted by atomic mass is 9.95.